The van der Waals surface area contributed by atoms with Gasteiger partial charge in [-0.05, 0) is 83.2 Å². The highest BCUT2D eigenvalue weighted by Crippen LogP contribution is 2.45. The summed E-state index contributed by atoms with van der Waals surface area (Å²) in [6.07, 6.45) is 7.82. The fourth-order valence-corrected chi connectivity index (χ4v) is 4.46. The van der Waals surface area contributed by atoms with Crippen LogP contribution in [0.25, 0.3) is 0 Å². The first kappa shape index (κ1) is 20.5. The highest BCUT2D eigenvalue weighted by molar-refractivity contribution is 5.83. The van der Waals surface area contributed by atoms with Gasteiger partial charge in [-0.2, -0.15) is 0 Å². The van der Waals surface area contributed by atoms with Crippen molar-refractivity contribution in [3.8, 4) is 0 Å². The van der Waals surface area contributed by atoms with Crippen LogP contribution >= 0.6 is 0 Å². The molecule has 0 unspecified atom stereocenters. The molecule has 3 nitrogen and oxygen atoms in total. The number of carbonyl (C=O) groups excluding carboxylic acids is 1. The molecular weight excluding hydrogens is 308 g/mol. The molecule has 0 aromatic heterocycles. The second-order valence-corrected chi connectivity index (χ2v) is 10.6. The second kappa shape index (κ2) is 7.42. The Morgan fingerprint density at radius 1 is 1.20 bits per heavy atom. The molecule has 0 bridgehead atoms. The lowest BCUT2D eigenvalue weighted by Crippen LogP contribution is -2.55. The van der Waals surface area contributed by atoms with Gasteiger partial charge in [-0.3, -0.25) is 4.79 Å². The van der Waals surface area contributed by atoms with Gasteiger partial charge in [0.25, 0.3) is 0 Å². The van der Waals surface area contributed by atoms with Crippen molar-refractivity contribution in [2.45, 2.75) is 79.2 Å². The summed E-state index contributed by atoms with van der Waals surface area (Å²) in [5, 5.41) is 3.26. The zero-order chi connectivity index (χ0) is 18.9. The van der Waals surface area contributed by atoms with E-state index in [9.17, 15) is 4.79 Å². The van der Waals surface area contributed by atoms with E-state index in [1.165, 1.54) is 32.4 Å². The van der Waals surface area contributed by atoms with Crippen LogP contribution in [0.2, 0.25) is 0 Å². The lowest BCUT2D eigenvalue weighted by molar-refractivity contribution is -0.138. The van der Waals surface area contributed by atoms with E-state index in [2.05, 4.69) is 64.4 Å². The van der Waals surface area contributed by atoms with E-state index >= 15 is 0 Å². The molecule has 0 aromatic carbocycles. The third kappa shape index (κ3) is 5.32. The number of hydrogen-bond acceptors (Lipinski definition) is 2. The van der Waals surface area contributed by atoms with Gasteiger partial charge in [0.2, 0.25) is 5.91 Å². The highest BCUT2D eigenvalue weighted by atomic mass is 16.2. The van der Waals surface area contributed by atoms with E-state index in [0.29, 0.717) is 17.3 Å². The number of likely N-dealkylation sites (tertiary alicyclic amines) is 1. The minimum atomic E-state index is -0.294. The summed E-state index contributed by atoms with van der Waals surface area (Å²) >= 11 is 0. The minimum Gasteiger partial charge on any atom is -0.351 e. The number of allylic oxidation sites excluding steroid dienone is 1. The van der Waals surface area contributed by atoms with Crippen molar-refractivity contribution >= 4 is 5.91 Å². The molecule has 1 saturated heterocycles. The zero-order valence-electron chi connectivity index (χ0n) is 17.5. The molecule has 3 heteroatoms. The molecule has 1 N–H and O–H groups in total. The molecule has 1 saturated carbocycles. The van der Waals surface area contributed by atoms with Crippen LogP contribution in [0.1, 0.15) is 73.6 Å². The molecule has 0 aromatic rings. The fourth-order valence-electron chi connectivity index (χ4n) is 4.46. The standard InChI is InChI=1S/C22H40N2O/c1-8-17-9-10-18(16-24-13-11-21(5,6)12-14-24)22(7,15-17)19(25)23-20(2,3)4/h8,17-18H,1,9-16H2,2-7H3,(H,23,25)/t17-,18+,22+/m1/s1. The number of piperidine rings is 1. The summed E-state index contributed by atoms with van der Waals surface area (Å²) in [5.74, 6) is 1.13. The molecule has 3 atom stereocenters. The van der Waals surface area contributed by atoms with Gasteiger partial charge in [0.15, 0.2) is 0 Å². The molecule has 2 aliphatic rings. The Labute approximate surface area is 155 Å². The number of amides is 1. The van der Waals surface area contributed by atoms with Crippen LogP contribution in [0.3, 0.4) is 0 Å². The molecule has 0 spiro atoms. The maximum absolute atomic E-state index is 13.2. The third-order valence-electron chi connectivity index (χ3n) is 6.50. The number of hydrogen-bond donors (Lipinski definition) is 1. The topological polar surface area (TPSA) is 32.3 Å². The van der Waals surface area contributed by atoms with E-state index in [1.807, 2.05) is 0 Å². The molecule has 1 heterocycles. The van der Waals surface area contributed by atoms with Gasteiger partial charge in [0.05, 0.1) is 5.41 Å². The maximum atomic E-state index is 13.2. The lowest BCUT2D eigenvalue weighted by atomic mass is 9.63. The van der Waals surface area contributed by atoms with Gasteiger partial charge >= 0.3 is 0 Å². The normalized spacial score (nSPS) is 33.7. The maximum Gasteiger partial charge on any atom is 0.226 e. The molecular formula is C22H40N2O. The van der Waals surface area contributed by atoms with E-state index in [4.69, 9.17) is 0 Å². The van der Waals surface area contributed by atoms with Crippen molar-refractivity contribution in [2.24, 2.45) is 22.7 Å². The molecule has 0 radical (unpaired) electrons. The summed E-state index contributed by atoms with van der Waals surface area (Å²) in [6, 6.07) is 0. The molecule has 1 aliphatic carbocycles. The zero-order valence-corrected chi connectivity index (χ0v) is 17.5. The van der Waals surface area contributed by atoms with Crippen LogP contribution in [0.5, 0.6) is 0 Å². The molecule has 1 amide bonds. The van der Waals surface area contributed by atoms with E-state index < -0.39 is 0 Å². The Morgan fingerprint density at radius 2 is 1.80 bits per heavy atom. The monoisotopic (exact) mass is 348 g/mol. The first-order chi connectivity index (χ1) is 11.5. The Kier molecular flexibility index (Phi) is 6.08. The van der Waals surface area contributed by atoms with Crippen molar-refractivity contribution in [1.29, 1.82) is 0 Å². The van der Waals surface area contributed by atoms with Crippen LogP contribution in [0, 0.1) is 22.7 Å². The van der Waals surface area contributed by atoms with Crippen molar-refractivity contribution in [2.75, 3.05) is 19.6 Å². The van der Waals surface area contributed by atoms with E-state index in [-0.39, 0.29) is 16.9 Å². The van der Waals surface area contributed by atoms with Crippen LogP contribution in [0.4, 0.5) is 0 Å². The molecule has 2 fully saturated rings. The Bertz CT molecular complexity index is 481. The largest absolute Gasteiger partial charge is 0.351 e. The van der Waals surface area contributed by atoms with E-state index in [0.717, 1.165) is 19.4 Å². The number of carbonyl (C=O) groups is 1. The highest BCUT2D eigenvalue weighted by Gasteiger charge is 2.46. The number of nitrogens with zero attached hydrogens (tertiary/aromatic N) is 1. The fraction of sp³-hybridized carbons (Fsp3) is 0.864. The quantitative estimate of drug-likeness (QED) is 0.751. The molecule has 25 heavy (non-hydrogen) atoms. The SMILES string of the molecule is C=C[C@@H]1CC[C@@H](CN2CCC(C)(C)CC2)[C@@](C)(C(=O)NC(C)(C)C)C1. The Morgan fingerprint density at radius 3 is 2.32 bits per heavy atom. The van der Waals surface area contributed by atoms with Gasteiger partial charge in [-0.25, -0.2) is 0 Å². The summed E-state index contributed by atoms with van der Waals surface area (Å²) in [6.45, 7) is 20.6. The molecule has 144 valence electrons. The van der Waals surface area contributed by atoms with Gasteiger partial charge < -0.3 is 10.2 Å². The Hall–Kier alpha value is -0.830. The predicted molar refractivity (Wildman–Crippen MR) is 106 cm³/mol. The first-order valence-corrected chi connectivity index (χ1v) is 10.1. The first-order valence-electron chi connectivity index (χ1n) is 10.1. The third-order valence-corrected chi connectivity index (χ3v) is 6.50. The summed E-state index contributed by atoms with van der Waals surface area (Å²) < 4.78 is 0. The summed E-state index contributed by atoms with van der Waals surface area (Å²) in [4.78, 5) is 15.8. The van der Waals surface area contributed by atoms with Crippen LogP contribution in [0.15, 0.2) is 12.7 Å². The predicted octanol–water partition coefficient (Wildman–Crippen LogP) is 4.63. The van der Waals surface area contributed by atoms with Crippen molar-refractivity contribution in [3.05, 3.63) is 12.7 Å². The van der Waals surface area contributed by atoms with Crippen molar-refractivity contribution in [3.63, 3.8) is 0 Å². The summed E-state index contributed by atoms with van der Waals surface area (Å²) in [5.41, 5.74) is 0.00216. The second-order valence-electron chi connectivity index (χ2n) is 10.6. The lowest BCUT2D eigenvalue weighted by Gasteiger charge is -2.47. The molecule has 1 aliphatic heterocycles. The molecule has 2 rings (SSSR count). The van der Waals surface area contributed by atoms with Crippen LogP contribution < -0.4 is 5.32 Å². The average molecular weight is 349 g/mol. The van der Waals surface area contributed by atoms with Gasteiger partial charge in [-0.1, -0.05) is 26.8 Å². The minimum absolute atomic E-state index is 0.180. The van der Waals surface area contributed by atoms with Crippen molar-refractivity contribution in [1.82, 2.24) is 10.2 Å². The van der Waals surface area contributed by atoms with Gasteiger partial charge in [0.1, 0.15) is 0 Å². The average Bonchev–Trinajstić information content (AvgIpc) is 2.49. The van der Waals surface area contributed by atoms with Crippen LogP contribution in [-0.4, -0.2) is 36.0 Å². The number of rotatable bonds is 4. The smallest absolute Gasteiger partial charge is 0.226 e. The Balaban J connectivity index is 2.10. The van der Waals surface area contributed by atoms with Gasteiger partial charge in [-0.15, -0.1) is 6.58 Å². The number of nitrogens with one attached hydrogen (secondary N) is 1. The van der Waals surface area contributed by atoms with E-state index in [1.54, 1.807) is 0 Å². The summed E-state index contributed by atoms with van der Waals surface area (Å²) in [7, 11) is 0. The van der Waals surface area contributed by atoms with Crippen molar-refractivity contribution < 1.29 is 4.79 Å². The van der Waals surface area contributed by atoms with Gasteiger partial charge in [0, 0.05) is 12.1 Å². The van der Waals surface area contributed by atoms with Crippen LogP contribution in [-0.2, 0) is 4.79 Å².